The molecule has 4 nitrogen and oxygen atoms in total. The van der Waals surface area contributed by atoms with Gasteiger partial charge in [-0.3, -0.25) is 0 Å². The van der Waals surface area contributed by atoms with Gasteiger partial charge in [-0.05, 0) is 30.0 Å². The molecule has 3 aromatic carbocycles. The van der Waals surface area contributed by atoms with Gasteiger partial charge in [0.1, 0.15) is 30.7 Å². The Bertz CT molecular complexity index is 1010. The van der Waals surface area contributed by atoms with Gasteiger partial charge in [-0.15, -0.1) is 0 Å². The van der Waals surface area contributed by atoms with E-state index in [0.717, 1.165) is 11.1 Å². The molecule has 0 saturated carbocycles. The summed E-state index contributed by atoms with van der Waals surface area (Å²) in [4.78, 5) is 10.0. The SMILES string of the molecule is CC(Cc1ccccc1)(C1=N[C@@H](c2ccccc2)CO1)C1=N[C@@H](c2ccccc2)CO1. The number of hydrogen-bond donors (Lipinski definition) is 0. The molecular weight excluding hydrogens is 384 g/mol. The first-order valence-corrected chi connectivity index (χ1v) is 10.8. The van der Waals surface area contributed by atoms with Crippen LogP contribution in [0.3, 0.4) is 0 Å². The molecule has 5 rings (SSSR count). The predicted octanol–water partition coefficient (Wildman–Crippen LogP) is 5.58. The fourth-order valence-electron chi connectivity index (χ4n) is 4.29. The van der Waals surface area contributed by atoms with E-state index in [2.05, 4.69) is 55.5 Å². The predicted molar refractivity (Wildman–Crippen MR) is 123 cm³/mol. The van der Waals surface area contributed by atoms with E-state index in [-0.39, 0.29) is 12.1 Å². The summed E-state index contributed by atoms with van der Waals surface area (Å²) in [7, 11) is 0. The Labute approximate surface area is 183 Å². The largest absolute Gasteiger partial charge is 0.478 e. The van der Waals surface area contributed by atoms with Crippen molar-refractivity contribution in [2.45, 2.75) is 25.4 Å². The van der Waals surface area contributed by atoms with E-state index in [1.54, 1.807) is 0 Å². The van der Waals surface area contributed by atoms with Crippen molar-refractivity contribution in [3.05, 3.63) is 108 Å². The third kappa shape index (κ3) is 3.98. The highest BCUT2D eigenvalue weighted by atomic mass is 16.5. The van der Waals surface area contributed by atoms with E-state index in [0.29, 0.717) is 31.4 Å². The van der Waals surface area contributed by atoms with Gasteiger partial charge in [-0.2, -0.15) is 0 Å². The van der Waals surface area contributed by atoms with E-state index in [1.165, 1.54) is 5.56 Å². The number of ether oxygens (including phenoxy) is 2. The molecule has 0 spiro atoms. The molecule has 0 fully saturated rings. The monoisotopic (exact) mass is 410 g/mol. The average Bonchev–Trinajstić information content (AvgIpc) is 3.52. The summed E-state index contributed by atoms with van der Waals surface area (Å²) in [5.74, 6) is 1.41. The van der Waals surface area contributed by atoms with Gasteiger partial charge < -0.3 is 9.47 Å². The molecule has 2 heterocycles. The molecule has 2 aliphatic rings. The Morgan fingerprint density at radius 3 is 1.55 bits per heavy atom. The standard InChI is InChI=1S/C27H26N2O2/c1-27(17-20-11-5-2-6-12-20,25-28-23(18-30-25)21-13-7-3-8-14-21)26-29-24(19-31-26)22-15-9-4-10-16-22/h2-16,23-24H,17-19H2,1H3/t23-,24-/m1/s1. The van der Waals surface area contributed by atoms with Crippen LogP contribution in [0.15, 0.2) is 101 Å². The first-order chi connectivity index (χ1) is 15.2. The molecule has 0 radical (unpaired) electrons. The molecule has 0 bridgehead atoms. The van der Waals surface area contributed by atoms with Crippen LogP contribution in [0, 0.1) is 5.41 Å². The van der Waals surface area contributed by atoms with E-state index in [9.17, 15) is 0 Å². The highest BCUT2D eigenvalue weighted by molar-refractivity contribution is 6.06. The summed E-state index contributed by atoms with van der Waals surface area (Å²) in [6.45, 7) is 3.22. The molecular formula is C27H26N2O2. The minimum Gasteiger partial charge on any atom is -0.478 e. The zero-order valence-electron chi connectivity index (χ0n) is 17.6. The van der Waals surface area contributed by atoms with Gasteiger partial charge in [0.15, 0.2) is 11.8 Å². The first-order valence-electron chi connectivity index (χ1n) is 10.8. The van der Waals surface area contributed by atoms with Crippen molar-refractivity contribution in [3.8, 4) is 0 Å². The second-order valence-electron chi connectivity index (χ2n) is 8.34. The number of hydrogen-bond acceptors (Lipinski definition) is 4. The lowest BCUT2D eigenvalue weighted by Crippen LogP contribution is -2.39. The molecule has 0 aliphatic carbocycles. The van der Waals surface area contributed by atoms with Crippen molar-refractivity contribution in [2.24, 2.45) is 15.4 Å². The average molecular weight is 411 g/mol. The Morgan fingerprint density at radius 2 is 1.10 bits per heavy atom. The fourth-order valence-corrected chi connectivity index (χ4v) is 4.29. The van der Waals surface area contributed by atoms with E-state index in [4.69, 9.17) is 19.5 Å². The smallest absolute Gasteiger partial charge is 0.200 e. The van der Waals surface area contributed by atoms with Crippen molar-refractivity contribution in [1.82, 2.24) is 0 Å². The van der Waals surface area contributed by atoms with Gasteiger partial charge in [0.25, 0.3) is 0 Å². The Balaban J connectivity index is 1.50. The summed E-state index contributed by atoms with van der Waals surface area (Å²) in [6, 6.07) is 31.0. The van der Waals surface area contributed by atoms with Crippen molar-refractivity contribution in [1.29, 1.82) is 0 Å². The Kier molecular flexibility index (Phi) is 5.29. The lowest BCUT2D eigenvalue weighted by atomic mass is 9.82. The zero-order valence-corrected chi connectivity index (χ0v) is 17.6. The highest BCUT2D eigenvalue weighted by Crippen LogP contribution is 2.38. The number of nitrogens with zero attached hydrogens (tertiary/aromatic N) is 2. The molecule has 31 heavy (non-hydrogen) atoms. The van der Waals surface area contributed by atoms with Crippen LogP contribution in [0.5, 0.6) is 0 Å². The Hall–Kier alpha value is -3.40. The molecule has 0 amide bonds. The van der Waals surface area contributed by atoms with Gasteiger partial charge in [-0.1, -0.05) is 91.0 Å². The first kappa shape index (κ1) is 19.6. The second kappa shape index (κ2) is 8.38. The summed E-state index contributed by atoms with van der Waals surface area (Å²) < 4.78 is 12.4. The van der Waals surface area contributed by atoms with Crippen LogP contribution < -0.4 is 0 Å². The molecule has 4 heteroatoms. The third-order valence-corrected chi connectivity index (χ3v) is 6.02. The molecule has 0 N–H and O–H groups in total. The Morgan fingerprint density at radius 1 is 0.677 bits per heavy atom. The fraction of sp³-hybridized carbons (Fsp3) is 0.259. The third-order valence-electron chi connectivity index (χ3n) is 6.02. The van der Waals surface area contributed by atoms with Gasteiger partial charge in [0.2, 0.25) is 0 Å². The number of benzene rings is 3. The topological polar surface area (TPSA) is 43.2 Å². The van der Waals surface area contributed by atoms with Crippen molar-refractivity contribution < 1.29 is 9.47 Å². The highest BCUT2D eigenvalue weighted by Gasteiger charge is 2.45. The zero-order chi connectivity index (χ0) is 21.1. The van der Waals surface area contributed by atoms with Crippen molar-refractivity contribution in [3.63, 3.8) is 0 Å². The van der Waals surface area contributed by atoms with E-state index in [1.807, 2.05) is 42.5 Å². The lowest BCUT2D eigenvalue weighted by Gasteiger charge is -2.28. The maximum Gasteiger partial charge on any atom is 0.200 e. The number of rotatable bonds is 6. The molecule has 0 saturated heterocycles. The molecule has 3 aromatic rings. The minimum absolute atomic E-state index is 0.00165. The van der Waals surface area contributed by atoms with Gasteiger partial charge in [0.05, 0.1) is 0 Å². The second-order valence-corrected chi connectivity index (χ2v) is 8.34. The maximum atomic E-state index is 6.20. The summed E-state index contributed by atoms with van der Waals surface area (Å²) in [6.07, 6.45) is 0.717. The van der Waals surface area contributed by atoms with Crippen LogP contribution in [0.25, 0.3) is 0 Å². The van der Waals surface area contributed by atoms with Crippen LogP contribution in [-0.4, -0.2) is 25.0 Å². The molecule has 156 valence electrons. The van der Waals surface area contributed by atoms with E-state index < -0.39 is 5.41 Å². The minimum atomic E-state index is -0.561. The maximum absolute atomic E-state index is 6.20. The van der Waals surface area contributed by atoms with Crippen LogP contribution in [0.1, 0.15) is 35.7 Å². The van der Waals surface area contributed by atoms with Gasteiger partial charge in [0, 0.05) is 0 Å². The molecule has 0 unspecified atom stereocenters. The van der Waals surface area contributed by atoms with Crippen LogP contribution in [0.4, 0.5) is 0 Å². The molecule has 2 atom stereocenters. The summed E-state index contributed by atoms with van der Waals surface area (Å²) >= 11 is 0. The quantitative estimate of drug-likeness (QED) is 0.533. The van der Waals surface area contributed by atoms with Gasteiger partial charge in [-0.25, -0.2) is 9.98 Å². The molecule has 0 aromatic heterocycles. The van der Waals surface area contributed by atoms with Crippen LogP contribution in [0.2, 0.25) is 0 Å². The summed E-state index contributed by atoms with van der Waals surface area (Å²) in [5, 5.41) is 0. The lowest BCUT2D eigenvalue weighted by molar-refractivity contribution is 0.257. The number of aliphatic imine (C=N–C) groups is 2. The van der Waals surface area contributed by atoms with Crippen LogP contribution in [-0.2, 0) is 15.9 Å². The normalized spacial score (nSPS) is 20.5. The van der Waals surface area contributed by atoms with Crippen molar-refractivity contribution >= 4 is 11.8 Å². The van der Waals surface area contributed by atoms with Gasteiger partial charge >= 0.3 is 0 Å². The molecule has 2 aliphatic heterocycles. The van der Waals surface area contributed by atoms with E-state index >= 15 is 0 Å². The van der Waals surface area contributed by atoms with Crippen LogP contribution >= 0.6 is 0 Å². The summed E-state index contributed by atoms with van der Waals surface area (Å²) in [5.41, 5.74) is 2.97. The van der Waals surface area contributed by atoms with Crippen molar-refractivity contribution in [2.75, 3.05) is 13.2 Å².